The fourth-order valence-corrected chi connectivity index (χ4v) is 2.75. The summed E-state index contributed by atoms with van der Waals surface area (Å²) in [5.74, 6) is 1.12. The van der Waals surface area contributed by atoms with Crippen molar-refractivity contribution in [3.63, 3.8) is 0 Å². The zero-order chi connectivity index (χ0) is 8.81. The number of thioether (sulfide) groups is 1. The molecule has 1 aliphatic rings. The van der Waals surface area contributed by atoms with Crippen LogP contribution in [-0.4, -0.2) is 35.4 Å². The van der Waals surface area contributed by atoms with Gasteiger partial charge in [0.15, 0.2) is 0 Å². The van der Waals surface area contributed by atoms with E-state index in [0.29, 0.717) is 5.25 Å². The summed E-state index contributed by atoms with van der Waals surface area (Å²) in [5, 5.41) is 0.698. The van der Waals surface area contributed by atoms with Crippen molar-refractivity contribution in [2.24, 2.45) is 0 Å². The lowest BCUT2D eigenvalue weighted by Gasteiger charge is -2.29. The first kappa shape index (κ1) is 9.90. The maximum absolute atomic E-state index is 10.5. The fraction of sp³-hybridized carbons (Fsp3) is 0.889. The molecule has 0 radical (unpaired) electrons. The number of unbranched alkanes of at least 4 members (excludes halogenated alkanes) is 1. The van der Waals surface area contributed by atoms with Crippen molar-refractivity contribution < 1.29 is 4.79 Å². The Morgan fingerprint density at radius 1 is 1.67 bits per heavy atom. The number of carbonyl (C=O) groups excluding carboxylic acids is 1. The van der Waals surface area contributed by atoms with Gasteiger partial charge in [0.1, 0.15) is 0 Å². The minimum atomic E-state index is 0.698. The summed E-state index contributed by atoms with van der Waals surface area (Å²) < 4.78 is 0. The molecule has 1 atom stereocenters. The smallest absolute Gasteiger partial charge is 0.209 e. The molecule has 0 saturated carbocycles. The Labute approximate surface area is 78.7 Å². The highest BCUT2D eigenvalue weighted by Gasteiger charge is 2.17. The van der Waals surface area contributed by atoms with E-state index in [9.17, 15) is 4.79 Å². The molecule has 70 valence electrons. The summed E-state index contributed by atoms with van der Waals surface area (Å²) in [5.41, 5.74) is 0. The van der Waals surface area contributed by atoms with E-state index in [1.165, 1.54) is 19.3 Å². The second-order valence-electron chi connectivity index (χ2n) is 3.24. The number of amides is 1. The molecule has 1 unspecified atom stereocenters. The molecular weight excluding hydrogens is 170 g/mol. The van der Waals surface area contributed by atoms with Crippen molar-refractivity contribution in [3.8, 4) is 0 Å². The van der Waals surface area contributed by atoms with E-state index in [-0.39, 0.29) is 0 Å². The summed E-state index contributed by atoms with van der Waals surface area (Å²) in [6, 6.07) is 0. The third-order valence-electron chi connectivity index (χ3n) is 2.20. The lowest BCUT2D eigenvalue weighted by molar-refractivity contribution is -0.118. The van der Waals surface area contributed by atoms with Crippen LogP contribution in [-0.2, 0) is 4.79 Å². The lowest BCUT2D eigenvalue weighted by atomic mass is 10.2. The molecule has 0 aromatic heterocycles. The quantitative estimate of drug-likeness (QED) is 0.625. The second-order valence-corrected chi connectivity index (χ2v) is 4.64. The Kier molecular flexibility index (Phi) is 4.51. The third kappa shape index (κ3) is 3.05. The Bertz CT molecular complexity index is 140. The van der Waals surface area contributed by atoms with Gasteiger partial charge in [0.25, 0.3) is 0 Å². The molecule has 1 fully saturated rings. The van der Waals surface area contributed by atoms with Gasteiger partial charge >= 0.3 is 0 Å². The van der Waals surface area contributed by atoms with Gasteiger partial charge in [-0.2, -0.15) is 11.8 Å². The number of nitrogens with zero attached hydrogens (tertiary/aromatic N) is 1. The first-order valence-electron chi connectivity index (χ1n) is 4.67. The van der Waals surface area contributed by atoms with Crippen LogP contribution in [0.3, 0.4) is 0 Å². The molecule has 1 saturated heterocycles. The van der Waals surface area contributed by atoms with E-state index < -0.39 is 0 Å². The average Bonchev–Trinajstić information content (AvgIpc) is 2.15. The molecule has 1 aliphatic heterocycles. The molecule has 0 N–H and O–H groups in total. The van der Waals surface area contributed by atoms with E-state index in [0.717, 1.165) is 25.3 Å². The van der Waals surface area contributed by atoms with Gasteiger partial charge < -0.3 is 4.90 Å². The normalized spacial score (nSPS) is 24.1. The van der Waals surface area contributed by atoms with Crippen LogP contribution in [0.25, 0.3) is 0 Å². The largest absolute Gasteiger partial charge is 0.343 e. The maximum atomic E-state index is 10.5. The summed E-state index contributed by atoms with van der Waals surface area (Å²) in [6.07, 6.45) is 4.81. The highest BCUT2D eigenvalue weighted by Crippen LogP contribution is 2.22. The van der Waals surface area contributed by atoms with E-state index in [2.05, 4.69) is 6.92 Å². The first-order valence-corrected chi connectivity index (χ1v) is 5.72. The van der Waals surface area contributed by atoms with Crippen molar-refractivity contribution in [2.45, 2.75) is 31.4 Å². The van der Waals surface area contributed by atoms with Crippen LogP contribution in [0.5, 0.6) is 0 Å². The van der Waals surface area contributed by atoms with Crippen LogP contribution in [0, 0.1) is 0 Å². The van der Waals surface area contributed by atoms with Gasteiger partial charge in [0.05, 0.1) is 0 Å². The molecule has 12 heavy (non-hydrogen) atoms. The van der Waals surface area contributed by atoms with Gasteiger partial charge in [-0.15, -0.1) is 0 Å². The standard InChI is InChI=1S/C9H17NOS/c1-2-3-4-9-7-10(8-11)5-6-12-9/h8-9H,2-7H2,1H3. The molecular formula is C9H17NOS. The van der Waals surface area contributed by atoms with E-state index in [1.54, 1.807) is 0 Å². The predicted molar refractivity (Wildman–Crippen MR) is 53.4 cm³/mol. The molecule has 1 heterocycles. The van der Waals surface area contributed by atoms with Crippen molar-refractivity contribution in [1.29, 1.82) is 0 Å². The Morgan fingerprint density at radius 3 is 3.17 bits per heavy atom. The molecule has 0 aromatic rings. The van der Waals surface area contributed by atoms with Crippen LogP contribution in [0.2, 0.25) is 0 Å². The Hall–Kier alpha value is -0.180. The van der Waals surface area contributed by atoms with Gasteiger partial charge in [0, 0.05) is 24.1 Å². The van der Waals surface area contributed by atoms with Crippen LogP contribution in [0.4, 0.5) is 0 Å². The van der Waals surface area contributed by atoms with Gasteiger partial charge in [0.2, 0.25) is 6.41 Å². The van der Waals surface area contributed by atoms with E-state index in [1.807, 2.05) is 16.7 Å². The SMILES string of the molecule is CCCCC1CN(C=O)CCS1. The van der Waals surface area contributed by atoms with E-state index >= 15 is 0 Å². The second kappa shape index (κ2) is 5.46. The minimum absolute atomic E-state index is 0.698. The van der Waals surface area contributed by atoms with E-state index in [4.69, 9.17) is 0 Å². The first-order chi connectivity index (χ1) is 5.86. The number of carbonyl (C=O) groups is 1. The Balaban J connectivity index is 2.20. The minimum Gasteiger partial charge on any atom is -0.343 e. The van der Waals surface area contributed by atoms with Gasteiger partial charge in [-0.05, 0) is 6.42 Å². The van der Waals surface area contributed by atoms with Gasteiger partial charge in [-0.1, -0.05) is 19.8 Å². The number of rotatable bonds is 4. The molecule has 1 rings (SSSR count). The topological polar surface area (TPSA) is 20.3 Å². The van der Waals surface area contributed by atoms with Crippen LogP contribution in [0.15, 0.2) is 0 Å². The highest BCUT2D eigenvalue weighted by atomic mass is 32.2. The maximum Gasteiger partial charge on any atom is 0.209 e. The molecule has 2 nitrogen and oxygen atoms in total. The summed E-state index contributed by atoms with van der Waals surface area (Å²) in [4.78, 5) is 12.4. The molecule has 0 aliphatic carbocycles. The van der Waals surface area contributed by atoms with Crippen LogP contribution >= 0.6 is 11.8 Å². The zero-order valence-corrected chi connectivity index (χ0v) is 8.48. The van der Waals surface area contributed by atoms with Crippen molar-refractivity contribution in [1.82, 2.24) is 4.90 Å². The summed E-state index contributed by atoms with van der Waals surface area (Å²) >= 11 is 2.02. The Morgan fingerprint density at radius 2 is 2.50 bits per heavy atom. The predicted octanol–water partition coefficient (Wildman–Crippen LogP) is 1.75. The average molecular weight is 187 g/mol. The third-order valence-corrected chi connectivity index (χ3v) is 3.47. The molecule has 0 aromatic carbocycles. The monoisotopic (exact) mass is 187 g/mol. The molecule has 0 bridgehead atoms. The van der Waals surface area contributed by atoms with Crippen molar-refractivity contribution in [3.05, 3.63) is 0 Å². The highest BCUT2D eigenvalue weighted by molar-refractivity contribution is 8.00. The number of hydrogen-bond acceptors (Lipinski definition) is 2. The lowest BCUT2D eigenvalue weighted by Crippen LogP contribution is -2.36. The zero-order valence-electron chi connectivity index (χ0n) is 7.66. The summed E-state index contributed by atoms with van der Waals surface area (Å²) in [7, 11) is 0. The molecule has 1 amide bonds. The van der Waals surface area contributed by atoms with Crippen LogP contribution in [0.1, 0.15) is 26.2 Å². The van der Waals surface area contributed by atoms with Crippen molar-refractivity contribution in [2.75, 3.05) is 18.8 Å². The van der Waals surface area contributed by atoms with Gasteiger partial charge in [-0.3, -0.25) is 4.79 Å². The van der Waals surface area contributed by atoms with Crippen molar-refractivity contribution >= 4 is 18.2 Å². The number of hydrogen-bond donors (Lipinski definition) is 0. The van der Waals surface area contributed by atoms with Crippen LogP contribution < -0.4 is 0 Å². The molecule has 0 spiro atoms. The molecule has 3 heteroatoms. The fourth-order valence-electron chi connectivity index (χ4n) is 1.44. The van der Waals surface area contributed by atoms with Gasteiger partial charge in [-0.25, -0.2) is 0 Å². The summed E-state index contributed by atoms with van der Waals surface area (Å²) in [6.45, 7) is 4.12.